The maximum atomic E-state index is 10.6. The van der Waals surface area contributed by atoms with E-state index in [-0.39, 0.29) is 17.9 Å². The molecule has 6 nitrogen and oxygen atoms in total. The van der Waals surface area contributed by atoms with Crippen LogP contribution in [-0.4, -0.2) is 22.9 Å². The van der Waals surface area contributed by atoms with Crippen LogP contribution in [0.2, 0.25) is 0 Å². The van der Waals surface area contributed by atoms with Gasteiger partial charge in [-0.3, -0.25) is 14.9 Å². The van der Waals surface area contributed by atoms with Crippen LogP contribution >= 0.6 is 0 Å². The fourth-order valence-electron chi connectivity index (χ4n) is 1.11. The van der Waals surface area contributed by atoms with E-state index < -0.39 is 16.4 Å². The molecule has 0 aliphatic heterocycles. The SMILES string of the molecule is CCOc1c(C=O)ccc([N+](=O)[O-])c1O. The van der Waals surface area contributed by atoms with Crippen LogP contribution in [-0.2, 0) is 0 Å². The Morgan fingerprint density at radius 1 is 1.60 bits per heavy atom. The van der Waals surface area contributed by atoms with E-state index in [9.17, 15) is 20.0 Å². The molecule has 80 valence electrons. The summed E-state index contributed by atoms with van der Waals surface area (Å²) < 4.78 is 4.96. The van der Waals surface area contributed by atoms with Gasteiger partial charge in [0, 0.05) is 6.07 Å². The number of carbonyl (C=O) groups is 1. The van der Waals surface area contributed by atoms with Crippen LogP contribution < -0.4 is 4.74 Å². The summed E-state index contributed by atoms with van der Waals surface area (Å²) in [5, 5.41) is 20.0. The summed E-state index contributed by atoms with van der Waals surface area (Å²) in [7, 11) is 0. The van der Waals surface area contributed by atoms with Crippen LogP contribution in [0.15, 0.2) is 12.1 Å². The first-order valence-electron chi connectivity index (χ1n) is 4.20. The van der Waals surface area contributed by atoms with Gasteiger partial charge in [-0.1, -0.05) is 0 Å². The van der Waals surface area contributed by atoms with Crippen molar-refractivity contribution in [2.75, 3.05) is 6.61 Å². The third kappa shape index (κ3) is 2.04. The number of rotatable bonds is 4. The average Bonchev–Trinajstić information content (AvgIpc) is 2.20. The van der Waals surface area contributed by atoms with Crippen LogP contribution in [0.5, 0.6) is 11.5 Å². The molecule has 0 unspecified atom stereocenters. The van der Waals surface area contributed by atoms with Crippen LogP contribution in [0.25, 0.3) is 0 Å². The summed E-state index contributed by atoms with van der Waals surface area (Å²) in [6, 6.07) is 2.29. The third-order valence-electron chi connectivity index (χ3n) is 1.75. The number of phenolic OH excluding ortho intramolecular Hbond substituents is 1. The van der Waals surface area contributed by atoms with E-state index in [1.54, 1.807) is 6.92 Å². The maximum absolute atomic E-state index is 10.6. The molecule has 0 saturated carbocycles. The Hall–Kier alpha value is -2.11. The van der Waals surface area contributed by atoms with Gasteiger partial charge in [-0.2, -0.15) is 0 Å². The minimum Gasteiger partial charge on any atom is -0.499 e. The Balaban J connectivity index is 3.34. The van der Waals surface area contributed by atoms with Gasteiger partial charge in [-0.05, 0) is 13.0 Å². The number of benzene rings is 1. The molecular weight excluding hydrogens is 202 g/mol. The second kappa shape index (κ2) is 4.41. The molecule has 0 radical (unpaired) electrons. The fourth-order valence-corrected chi connectivity index (χ4v) is 1.11. The zero-order valence-electron chi connectivity index (χ0n) is 7.97. The number of hydrogen-bond donors (Lipinski definition) is 1. The number of nitrogens with zero attached hydrogens (tertiary/aromatic N) is 1. The zero-order chi connectivity index (χ0) is 11.4. The lowest BCUT2D eigenvalue weighted by molar-refractivity contribution is -0.386. The lowest BCUT2D eigenvalue weighted by Crippen LogP contribution is -1.98. The lowest BCUT2D eigenvalue weighted by atomic mass is 10.2. The molecule has 0 saturated heterocycles. The van der Waals surface area contributed by atoms with E-state index in [0.29, 0.717) is 6.29 Å². The van der Waals surface area contributed by atoms with Crippen molar-refractivity contribution in [3.05, 3.63) is 27.8 Å². The molecule has 0 aliphatic rings. The number of carbonyl (C=O) groups excluding carboxylic acids is 1. The Labute approximate surface area is 85.2 Å². The van der Waals surface area contributed by atoms with Crippen molar-refractivity contribution in [3.63, 3.8) is 0 Å². The first-order chi connectivity index (χ1) is 7.11. The number of aldehydes is 1. The monoisotopic (exact) mass is 211 g/mol. The molecule has 1 N–H and O–H groups in total. The van der Waals surface area contributed by atoms with Crippen molar-refractivity contribution in [3.8, 4) is 11.5 Å². The fraction of sp³-hybridized carbons (Fsp3) is 0.222. The topological polar surface area (TPSA) is 89.7 Å². The highest BCUT2D eigenvalue weighted by Gasteiger charge is 2.20. The highest BCUT2D eigenvalue weighted by atomic mass is 16.6. The highest BCUT2D eigenvalue weighted by molar-refractivity contribution is 5.83. The molecule has 0 fully saturated rings. The van der Waals surface area contributed by atoms with Gasteiger partial charge >= 0.3 is 5.69 Å². The van der Waals surface area contributed by atoms with Crippen LogP contribution in [0.4, 0.5) is 5.69 Å². The molecule has 0 heterocycles. The maximum Gasteiger partial charge on any atom is 0.314 e. The Morgan fingerprint density at radius 2 is 2.27 bits per heavy atom. The van der Waals surface area contributed by atoms with Gasteiger partial charge in [0.1, 0.15) is 0 Å². The molecule has 0 spiro atoms. The van der Waals surface area contributed by atoms with Crippen molar-refractivity contribution in [2.24, 2.45) is 0 Å². The first-order valence-corrected chi connectivity index (χ1v) is 4.20. The predicted molar refractivity (Wildman–Crippen MR) is 51.3 cm³/mol. The largest absolute Gasteiger partial charge is 0.499 e. The molecular formula is C9H9NO5. The van der Waals surface area contributed by atoms with Crippen molar-refractivity contribution < 1.29 is 19.6 Å². The number of nitro groups is 1. The van der Waals surface area contributed by atoms with Crippen LogP contribution in [0.3, 0.4) is 0 Å². The van der Waals surface area contributed by atoms with E-state index in [1.165, 1.54) is 6.07 Å². The molecule has 1 aromatic rings. The number of aromatic hydroxyl groups is 1. The predicted octanol–water partition coefficient (Wildman–Crippen LogP) is 1.51. The van der Waals surface area contributed by atoms with E-state index in [1.807, 2.05) is 0 Å². The molecule has 0 aromatic heterocycles. The minimum absolute atomic E-state index is 0.0833. The molecule has 1 rings (SSSR count). The summed E-state index contributed by atoms with van der Waals surface area (Å²) in [6.45, 7) is 1.85. The summed E-state index contributed by atoms with van der Waals surface area (Å²) in [4.78, 5) is 20.3. The number of nitro benzene ring substituents is 1. The lowest BCUT2D eigenvalue weighted by Gasteiger charge is -2.07. The van der Waals surface area contributed by atoms with Gasteiger partial charge in [-0.15, -0.1) is 0 Å². The molecule has 6 heteroatoms. The average molecular weight is 211 g/mol. The molecule has 0 atom stereocenters. The Kier molecular flexibility index (Phi) is 3.22. The second-order valence-electron chi connectivity index (χ2n) is 2.66. The van der Waals surface area contributed by atoms with Crippen molar-refractivity contribution in [1.29, 1.82) is 0 Å². The van der Waals surface area contributed by atoms with Crippen molar-refractivity contribution in [1.82, 2.24) is 0 Å². The van der Waals surface area contributed by atoms with Gasteiger partial charge in [0.05, 0.1) is 17.1 Å². The third-order valence-corrected chi connectivity index (χ3v) is 1.75. The number of ether oxygens (including phenoxy) is 1. The first kappa shape index (κ1) is 11.0. The van der Waals surface area contributed by atoms with E-state index in [0.717, 1.165) is 6.07 Å². The van der Waals surface area contributed by atoms with E-state index in [4.69, 9.17) is 4.74 Å². The zero-order valence-corrected chi connectivity index (χ0v) is 7.97. The molecule has 0 bridgehead atoms. The van der Waals surface area contributed by atoms with Gasteiger partial charge in [0.2, 0.25) is 5.75 Å². The van der Waals surface area contributed by atoms with Crippen molar-refractivity contribution in [2.45, 2.75) is 6.92 Å². The molecule has 0 amide bonds. The quantitative estimate of drug-likeness (QED) is 0.463. The standard InChI is InChI=1S/C9H9NO5/c1-2-15-9-6(5-11)3-4-7(8(9)12)10(13)14/h3-5,12H,2H2,1H3. The van der Waals surface area contributed by atoms with Crippen LogP contribution in [0, 0.1) is 10.1 Å². The van der Waals surface area contributed by atoms with Crippen LogP contribution in [0.1, 0.15) is 17.3 Å². The summed E-state index contributed by atoms with van der Waals surface area (Å²) >= 11 is 0. The van der Waals surface area contributed by atoms with Gasteiger partial charge < -0.3 is 9.84 Å². The summed E-state index contributed by atoms with van der Waals surface area (Å²) in [6.07, 6.45) is 0.467. The number of phenols is 1. The Bertz CT molecular complexity index is 402. The molecule has 1 aromatic carbocycles. The van der Waals surface area contributed by atoms with E-state index in [2.05, 4.69) is 0 Å². The van der Waals surface area contributed by atoms with Crippen molar-refractivity contribution >= 4 is 12.0 Å². The van der Waals surface area contributed by atoms with Gasteiger partial charge in [-0.25, -0.2) is 0 Å². The Morgan fingerprint density at radius 3 is 2.73 bits per heavy atom. The van der Waals surface area contributed by atoms with Gasteiger partial charge in [0.15, 0.2) is 12.0 Å². The highest BCUT2D eigenvalue weighted by Crippen LogP contribution is 2.37. The normalized spacial score (nSPS) is 9.67. The van der Waals surface area contributed by atoms with E-state index >= 15 is 0 Å². The van der Waals surface area contributed by atoms with Gasteiger partial charge in [0.25, 0.3) is 0 Å². The second-order valence-corrected chi connectivity index (χ2v) is 2.66. The smallest absolute Gasteiger partial charge is 0.314 e. The number of hydrogen-bond acceptors (Lipinski definition) is 5. The molecule has 0 aliphatic carbocycles. The summed E-state index contributed by atoms with van der Waals surface area (Å²) in [5.74, 6) is -0.770. The summed E-state index contributed by atoms with van der Waals surface area (Å²) in [5.41, 5.74) is -0.399. The minimum atomic E-state index is -0.744. The molecule has 15 heavy (non-hydrogen) atoms.